The van der Waals surface area contributed by atoms with Crippen LogP contribution < -0.4 is 9.64 Å². The lowest BCUT2D eigenvalue weighted by molar-refractivity contribution is 0.419. The highest BCUT2D eigenvalue weighted by molar-refractivity contribution is 5.83. The molecule has 0 bridgehead atoms. The van der Waals surface area contributed by atoms with E-state index in [1.54, 1.807) is 0 Å². The summed E-state index contributed by atoms with van der Waals surface area (Å²) in [6, 6.07) is 71.4. The van der Waals surface area contributed by atoms with Crippen molar-refractivity contribution in [3.05, 3.63) is 211 Å². The zero-order valence-electron chi connectivity index (χ0n) is 29.9. The van der Waals surface area contributed by atoms with Crippen LogP contribution in [0.1, 0.15) is 25.0 Å². The van der Waals surface area contributed by atoms with Crippen LogP contribution in [0, 0.1) is 0 Å². The summed E-state index contributed by atoms with van der Waals surface area (Å²) in [5, 5.41) is 0. The first-order valence-electron chi connectivity index (χ1n) is 18.3. The predicted octanol–water partition coefficient (Wildman–Crippen LogP) is 14.3. The molecule has 0 saturated carbocycles. The SMILES string of the molecule is CC1(C)c2ccccc2Oc2c(-c3ccc(N(c4ccc(-c5ccccc5)cc4)c4ccc(-c5cccc(-c6ccccc6)c5)cc4)cc3)cccc21. The number of anilines is 3. The molecule has 0 amide bonds. The third kappa shape index (κ3) is 6.09. The van der Waals surface area contributed by atoms with Gasteiger partial charge in [-0.3, -0.25) is 0 Å². The standard InChI is InChI=1S/C51H39NO/c1-51(2)47-20-9-10-22-49(47)53-50-46(19-12-21-48(50)51)40-27-33-45(34-28-40)52(43-29-23-38(24-30-43)36-13-5-3-6-14-36)44-31-25-39(26-32-44)42-18-11-17-41(35-42)37-15-7-4-8-16-37/h3-35H,1-2H3. The molecule has 0 aromatic heterocycles. The molecule has 8 aromatic rings. The van der Waals surface area contributed by atoms with Gasteiger partial charge in [0.15, 0.2) is 0 Å². The van der Waals surface area contributed by atoms with E-state index < -0.39 is 0 Å². The van der Waals surface area contributed by atoms with Gasteiger partial charge in [0.25, 0.3) is 0 Å². The second-order valence-corrected chi connectivity index (χ2v) is 14.2. The van der Waals surface area contributed by atoms with Gasteiger partial charge in [0.05, 0.1) is 0 Å². The van der Waals surface area contributed by atoms with E-state index in [1.165, 1.54) is 44.5 Å². The Hall–Kier alpha value is -6.64. The fourth-order valence-corrected chi connectivity index (χ4v) is 7.68. The van der Waals surface area contributed by atoms with Crippen LogP contribution in [-0.4, -0.2) is 0 Å². The number of nitrogens with zero attached hydrogens (tertiary/aromatic N) is 1. The Labute approximate surface area is 312 Å². The van der Waals surface area contributed by atoms with Crippen molar-refractivity contribution in [2.45, 2.75) is 19.3 Å². The highest BCUT2D eigenvalue weighted by atomic mass is 16.5. The van der Waals surface area contributed by atoms with Crippen molar-refractivity contribution < 1.29 is 4.74 Å². The normalized spacial score (nSPS) is 12.6. The Bertz CT molecular complexity index is 2520. The molecule has 0 N–H and O–H groups in total. The zero-order valence-corrected chi connectivity index (χ0v) is 29.9. The fraction of sp³-hybridized carbons (Fsp3) is 0.0588. The van der Waals surface area contributed by atoms with E-state index in [4.69, 9.17) is 4.74 Å². The Morgan fingerprint density at radius 1 is 0.358 bits per heavy atom. The largest absolute Gasteiger partial charge is 0.456 e. The van der Waals surface area contributed by atoms with E-state index in [9.17, 15) is 0 Å². The van der Waals surface area contributed by atoms with Gasteiger partial charge in [0.1, 0.15) is 11.5 Å². The summed E-state index contributed by atoms with van der Waals surface area (Å²) >= 11 is 0. The fourth-order valence-electron chi connectivity index (χ4n) is 7.68. The molecular weight excluding hydrogens is 643 g/mol. The maximum Gasteiger partial charge on any atom is 0.139 e. The van der Waals surface area contributed by atoms with E-state index in [-0.39, 0.29) is 5.41 Å². The van der Waals surface area contributed by atoms with Crippen LogP contribution in [0.2, 0.25) is 0 Å². The van der Waals surface area contributed by atoms with Gasteiger partial charge >= 0.3 is 0 Å². The summed E-state index contributed by atoms with van der Waals surface area (Å²) in [5.41, 5.74) is 14.9. The van der Waals surface area contributed by atoms with Crippen molar-refractivity contribution in [2.24, 2.45) is 0 Å². The Kier molecular flexibility index (Phi) is 8.21. The zero-order chi connectivity index (χ0) is 35.8. The lowest BCUT2D eigenvalue weighted by Gasteiger charge is -2.35. The first-order valence-corrected chi connectivity index (χ1v) is 18.3. The number of fused-ring (bicyclic) bond motifs is 2. The van der Waals surface area contributed by atoms with Gasteiger partial charge in [-0.25, -0.2) is 0 Å². The van der Waals surface area contributed by atoms with Crippen LogP contribution in [-0.2, 0) is 5.41 Å². The molecule has 8 aromatic carbocycles. The van der Waals surface area contributed by atoms with Gasteiger partial charge < -0.3 is 9.64 Å². The highest BCUT2D eigenvalue weighted by Gasteiger charge is 2.35. The topological polar surface area (TPSA) is 12.5 Å². The van der Waals surface area contributed by atoms with Crippen molar-refractivity contribution in [2.75, 3.05) is 4.90 Å². The van der Waals surface area contributed by atoms with E-state index >= 15 is 0 Å². The molecule has 0 atom stereocenters. The van der Waals surface area contributed by atoms with E-state index in [0.717, 1.165) is 39.7 Å². The van der Waals surface area contributed by atoms with Crippen LogP contribution in [0.25, 0.3) is 44.5 Å². The van der Waals surface area contributed by atoms with Gasteiger partial charge in [0, 0.05) is 39.2 Å². The quantitative estimate of drug-likeness (QED) is 0.166. The molecule has 53 heavy (non-hydrogen) atoms. The molecule has 2 heteroatoms. The second-order valence-electron chi connectivity index (χ2n) is 14.2. The molecule has 0 saturated heterocycles. The highest BCUT2D eigenvalue weighted by Crippen LogP contribution is 2.51. The molecule has 1 heterocycles. The number of rotatable bonds is 7. The van der Waals surface area contributed by atoms with Gasteiger partial charge in [-0.15, -0.1) is 0 Å². The minimum Gasteiger partial charge on any atom is -0.456 e. The first kappa shape index (κ1) is 32.3. The summed E-state index contributed by atoms with van der Waals surface area (Å²) < 4.78 is 6.63. The molecule has 0 spiro atoms. The van der Waals surface area contributed by atoms with Crippen molar-refractivity contribution in [1.82, 2.24) is 0 Å². The van der Waals surface area contributed by atoms with Crippen LogP contribution in [0.5, 0.6) is 11.5 Å². The molecule has 0 unspecified atom stereocenters. The lowest BCUT2D eigenvalue weighted by Crippen LogP contribution is -2.24. The van der Waals surface area contributed by atoms with Gasteiger partial charge in [0.2, 0.25) is 0 Å². The Balaban J connectivity index is 1.08. The predicted molar refractivity (Wildman–Crippen MR) is 222 cm³/mol. The molecule has 2 nitrogen and oxygen atoms in total. The Morgan fingerprint density at radius 3 is 1.36 bits per heavy atom. The van der Waals surface area contributed by atoms with Crippen molar-refractivity contribution in [1.29, 1.82) is 0 Å². The van der Waals surface area contributed by atoms with Crippen LogP contribution >= 0.6 is 0 Å². The average Bonchev–Trinajstić information content (AvgIpc) is 3.22. The summed E-state index contributed by atoms with van der Waals surface area (Å²) in [7, 11) is 0. The monoisotopic (exact) mass is 681 g/mol. The minimum atomic E-state index is -0.169. The van der Waals surface area contributed by atoms with Crippen LogP contribution in [0.3, 0.4) is 0 Å². The van der Waals surface area contributed by atoms with Crippen LogP contribution in [0.4, 0.5) is 17.1 Å². The molecule has 9 rings (SSSR count). The third-order valence-corrected chi connectivity index (χ3v) is 10.6. The van der Waals surface area contributed by atoms with E-state index in [2.05, 4.69) is 213 Å². The summed E-state index contributed by atoms with van der Waals surface area (Å²) in [6.07, 6.45) is 0. The molecule has 0 aliphatic carbocycles. The molecule has 0 fully saturated rings. The molecule has 254 valence electrons. The van der Waals surface area contributed by atoms with Crippen LogP contribution in [0.15, 0.2) is 200 Å². The lowest BCUT2D eigenvalue weighted by atomic mass is 9.75. The van der Waals surface area contributed by atoms with Gasteiger partial charge in [-0.2, -0.15) is 0 Å². The average molecular weight is 682 g/mol. The molecule has 1 aliphatic heterocycles. The summed E-state index contributed by atoms with van der Waals surface area (Å²) in [4.78, 5) is 2.33. The summed E-state index contributed by atoms with van der Waals surface area (Å²) in [6.45, 7) is 4.57. The third-order valence-electron chi connectivity index (χ3n) is 10.6. The maximum absolute atomic E-state index is 6.63. The molecular formula is C51H39NO. The number of benzene rings is 8. The van der Waals surface area contributed by atoms with Crippen molar-refractivity contribution in [3.63, 3.8) is 0 Å². The molecule has 1 aliphatic rings. The first-order chi connectivity index (χ1) is 26.0. The Morgan fingerprint density at radius 2 is 0.774 bits per heavy atom. The van der Waals surface area contributed by atoms with Gasteiger partial charge in [-0.1, -0.05) is 166 Å². The minimum absolute atomic E-state index is 0.169. The number of ether oxygens (including phenoxy) is 1. The van der Waals surface area contributed by atoms with E-state index in [0.29, 0.717) is 0 Å². The second kappa shape index (κ2) is 13.5. The molecule has 0 radical (unpaired) electrons. The number of para-hydroxylation sites is 2. The van der Waals surface area contributed by atoms with Crippen molar-refractivity contribution >= 4 is 17.1 Å². The number of hydrogen-bond donors (Lipinski definition) is 0. The number of hydrogen-bond acceptors (Lipinski definition) is 2. The van der Waals surface area contributed by atoms with E-state index in [1.807, 2.05) is 6.07 Å². The maximum atomic E-state index is 6.63. The van der Waals surface area contributed by atoms with Crippen molar-refractivity contribution in [3.8, 4) is 56.0 Å². The van der Waals surface area contributed by atoms with Gasteiger partial charge in [-0.05, 0) is 87.5 Å². The smallest absolute Gasteiger partial charge is 0.139 e. The summed E-state index contributed by atoms with van der Waals surface area (Å²) in [5.74, 6) is 1.86.